The zero-order chi connectivity index (χ0) is 23.0. The van der Waals surface area contributed by atoms with Crippen molar-refractivity contribution in [1.29, 1.82) is 0 Å². The lowest BCUT2D eigenvalue weighted by molar-refractivity contribution is -0.117. The Labute approximate surface area is 186 Å². The molecular weight excluding hydrogens is 402 g/mol. The van der Waals surface area contributed by atoms with Crippen LogP contribution in [0.25, 0.3) is 16.6 Å². The van der Waals surface area contributed by atoms with Crippen LogP contribution in [0.2, 0.25) is 0 Å². The van der Waals surface area contributed by atoms with Gasteiger partial charge in [-0.15, -0.1) is 0 Å². The Balaban J connectivity index is 1.77. The molecule has 4 rings (SSSR count). The van der Waals surface area contributed by atoms with Gasteiger partial charge in [-0.3, -0.25) is 9.59 Å². The van der Waals surface area contributed by atoms with Crippen molar-refractivity contribution >= 4 is 22.5 Å². The summed E-state index contributed by atoms with van der Waals surface area (Å²) in [6.45, 7) is 9.78. The summed E-state index contributed by atoms with van der Waals surface area (Å²) in [5.41, 5.74) is 5.46. The van der Waals surface area contributed by atoms with Gasteiger partial charge in [0.2, 0.25) is 5.91 Å². The van der Waals surface area contributed by atoms with E-state index in [0.29, 0.717) is 10.9 Å². The lowest BCUT2D eigenvalue weighted by Gasteiger charge is -2.15. The van der Waals surface area contributed by atoms with Gasteiger partial charge in [0.1, 0.15) is 12.1 Å². The van der Waals surface area contributed by atoms with Crippen molar-refractivity contribution in [1.82, 2.24) is 19.6 Å². The van der Waals surface area contributed by atoms with Crippen LogP contribution in [-0.2, 0) is 11.3 Å². The number of nitrogens with zero attached hydrogens (tertiary/aromatic N) is 4. The van der Waals surface area contributed by atoms with Gasteiger partial charge in [-0.1, -0.05) is 49.7 Å². The van der Waals surface area contributed by atoms with Gasteiger partial charge in [0.05, 0.1) is 17.6 Å². The second-order valence-corrected chi connectivity index (χ2v) is 8.48. The number of amides is 1. The molecule has 1 N–H and O–H groups in total. The van der Waals surface area contributed by atoms with E-state index in [-0.39, 0.29) is 23.9 Å². The number of aryl methyl sites for hydroxylation is 3. The number of carbonyl (C=O) groups excluding carboxylic acids is 1. The molecule has 0 aliphatic rings. The van der Waals surface area contributed by atoms with E-state index in [0.717, 1.165) is 33.8 Å². The molecule has 2 heterocycles. The predicted molar refractivity (Wildman–Crippen MR) is 126 cm³/mol. The van der Waals surface area contributed by atoms with Crippen molar-refractivity contribution in [3.05, 3.63) is 81.4 Å². The molecule has 0 atom stereocenters. The molecule has 0 fully saturated rings. The fourth-order valence-corrected chi connectivity index (χ4v) is 4.08. The second kappa shape index (κ2) is 8.42. The lowest BCUT2D eigenvalue weighted by Crippen LogP contribution is -2.32. The maximum atomic E-state index is 13.4. The number of nitrogens with one attached hydrogen (secondary N) is 1. The summed E-state index contributed by atoms with van der Waals surface area (Å²) >= 11 is 0. The minimum Gasteiger partial charge on any atom is -0.324 e. The molecule has 0 bridgehead atoms. The number of hydrogen-bond acceptors (Lipinski definition) is 4. The zero-order valence-corrected chi connectivity index (χ0v) is 19.0. The van der Waals surface area contributed by atoms with Crippen LogP contribution in [0.3, 0.4) is 0 Å². The van der Waals surface area contributed by atoms with Crippen molar-refractivity contribution in [2.24, 2.45) is 0 Å². The Hall–Kier alpha value is -3.74. The number of carbonyl (C=O) groups is 1. The summed E-state index contributed by atoms with van der Waals surface area (Å²) in [6.07, 6.45) is 1.68. The van der Waals surface area contributed by atoms with Gasteiger partial charge in [0, 0.05) is 11.1 Å². The van der Waals surface area contributed by atoms with Gasteiger partial charge < -0.3 is 5.32 Å². The number of para-hydroxylation sites is 1. The van der Waals surface area contributed by atoms with Crippen LogP contribution < -0.4 is 10.9 Å². The lowest BCUT2D eigenvalue weighted by atomic mass is 10.1. The average Bonchev–Trinajstić information content (AvgIpc) is 3.18. The fraction of sp³-hybridized carbons (Fsp3) is 0.280. The van der Waals surface area contributed by atoms with E-state index in [1.165, 1.54) is 4.68 Å². The van der Waals surface area contributed by atoms with E-state index in [1.54, 1.807) is 10.9 Å². The van der Waals surface area contributed by atoms with E-state index in [1.807, 2.05) is 77.1 Å². The normalized spacial score (nSPS) is 11.3. The summed E-state index contributed by atoms with van der Waals surface area (Å²) in [5, 5.41) is 12.7. The van der Waals surface area contributed by atoms with E-state index in [9.17, 15) is 9.59 Å². The number of anilines is 1. The fourth-order valence-electron chi connectivity index (χ4n) is 4.08. The zero-order valence-electron chi connectivity index (χ0n) is 19.0. The molecular formula is C25H27N5O2. The highest BCUT2D eigenvalue weighted by molar-refractivity contribution is 5.92. The molecule has 4 aromatic rings. The molecule has 7 heteroatoms. The Kier molecular flexibility index (Phi) is 5.65. The quantitative estimate of drug-likeness (QED) is 0.514. The van der Waals surface area contributed by atoms with E-state index in [2.05, 4.69) is 15.5 Å². The van der Waals surface area contributed by atoms with Crippen LogP contribution in [0, 0.1) is 20.8 Å². The number of benzene rings is 2. The molecule has 0 aliphatic carbocycles. The van der Waals surface area contributed by atoms with E-state index < -0.39 is 0 Å². The number of aromatic nitrogens is 4. The molecule has 1 amide bonds. The second-order valence-electron chi connectivity index (χ2n) is 8.48. The first kappa shape index (κ1) is 21.5. The van der Waals surface area contributed by atoms with Crippen molar-refractivity contribution < 1.29 is 4.79 Å². The minimum absolute atomic E-state index is 0.0578. The topological polar surface area (TPSA) is 81.8 Å². The highest BCUT2D eigenvalue weighted by atomic mass is 16.2. The summed E-state index contributed by atoms with van der Waals surface area (Å²) < 4.78 is 2.86. The Bertz CT molecular complexity index is 1340. The standard InChI is InChI=1S/C25H27N5O2/c1-15(2)22-20-13-26-30(19-9-7-6-8-10-19)24(20)25(32)29(28-22)14-21(31)27-23-17(4)11-16(3)12-18(23)5/h6-13,15H,14H2,1-5H3,(H,27,31). The maximum Gasteiger partial charge on any atom is 0.293 e. The summed E-state index contributed by atoms with van der Waals surface area (Å²) in [7, 11) is 0. The highest BCUT2D eigenvalue weighted by Crippen LogP contribution is 2.24. The van der Waals surface area contributed by atoms with Crippen LogP contribution in [0.1, 0.15) is 42.1 Å². The maximum absolute atomic E-state index is 13.4. The van der Waals surface area contributed by atoms with E-state index >= 15 is 0 Å². The Morgan fingerprint density at radius 3 is 2.34 bits per heavy atom. The Morgan fingerprint density at radius 1 is 1.06 bits per heavy atom. The van der Waals surface area contributed by atoms with Crippen LogP contribution in [0.15, 0.2) is 53.5 Å². The molecule has 0 unspecified atom stereocenters. The first-order valence-corrected chi connectivity index (χ1v) is 10.7. The Morgan fingerprint density at radius 2 is 1.72 bits per heavy atom. The molecule has 0 saturated heterocycles. The monoisotopic (exact) mass is 429 g/mol. The smallest absolute Gasteiger partial charge is 0.293 e. The molecule has 2 aromatic heterocycles. The molecule has 32 heavy (non-hydrogen) atoms. The van der Waals surface area contributed by atoms with Gasteiger partial charge in [-0.25, -0.2) is 9.36 Å². The van der Waals surface area contributed by atoms with Crippen molar-refractivity contribution in [2.45, 2.75) is 47.1 Å². The third-order valence-corrected chi connectivity index (χ3v) is 5.49. The molecule has 2 aromatic carbocycles. The molecule has 164 valence electrons. The van der Waals surface area contributed by atoms with Crippen molar-refractivity contribution in [2.75, 3.05) is 5.32 Å². The molecule has 7 nitrogen and oxygen atoms in total. The van der Waals surface area contributed by atoms with Gasteiger partial charge in [-0.2, -0.15) is 10.2 Å². The van der Waals surface area contributed by atoms with Gasteiger partial charge >= 0.3 is 0 Å². The van der Waals surface area contributed by atoms with Crippen molar-refractivity contribution in [3.63, 3.8) is 0 Å². The third-order valence-electron chi connectivity index (χ3n) is 5.49. The predicted octanol–water partition coefficient (Wildman–Crippen LogP) is 4.27. The van der Waals surface area contributed by atoms with Crippen LogP contribution in [0.5, 0.6) is 0 Å². The molecule has 0 radical (unpaired) electrons. The van der Waals surface area contributed by atoms with Crippen molar-refractivity contribution in [3.8, 4) is 5.69 Å². The molecule has 0 spiro atoms. The number of rotatable bonds is 5. The number of fused-ring (bicyclic) bond motifs is 1. The summed E-state index contributed by atoms with van der Waals surface area (Å²) in [4.78, 5) is 26.3. The highest BCUT2D eigenvalue weighted by Gasteiger charge is 2.20. The third kappa shape index (κ3) is 3.93. The number of hydrogen-bond donors (Lipinski definition) is 1. The van der Waals surface area contributed by atoms with E-state index in [4.69, 9.17) is 0 Å². The first-order chi connectivity index (χ1) is 15.3. The van der Waals surface area contributed by atoms with Gasteiger partial charge in [0.15, 0.2) is 0 Å². The van der Waals surface area contributed by atoms with Gasteiger partial charge in [0.25, 0.3) is 5.56 Å². The van der Waals surface area contributed by atoms with Gasteiger partial charge in [-0.05, 0) is 49.9 Å². The largest absolute Gasteiger partial charge is 0.324 e. The minimum atomic E-state index is -0.349. The summed E-state index contributed by atoms with van der Waals surface area (Å²) in [5.74, 6) is -0.239. The van der Waals surface area contributed by atoms with Crippen LogP contribution >= 0.6 is 0 Å². The average molecular weight is 430 g/mol. The molecule has 0 saturated carbocycles. The first-order valence-electron chi connectivity index (χ1n) is 10.7. The van der Waals surface area contributed by atoms with Crippen LogP contribution in [0.4, 0.5) is 5.69 Å². The van der Waals surface area contributed by atoms with Crippen LogP contribution in [-0.4, -0.2) is 25.5 Å². The summed E-state index contributed by atoms with van der Waals surface area (Å²) in [6, 6.07) is 13.5. The SMILES string of the molecule is Cc1cc(C)c(NC(=O)Cn2nc(C(C)C)c3cnn(-c4ccccc4)c3c2=O)c(C)c1. The molecule has 0 aliphatic heterocycles.